The van der Waals surface area contributed by atoms with Crippen molar-refractivity contribution in [2.75, 3.05) is 5.73 Å². The second kappa shape index (κ2) is 6.37. The van der Waals surface area contributed by atoms with Gasteiger partial charge in [0, 0.05) is 5.56 Å². The number of hydrogen-bond donors (Lipinski definition) is 2. The van der Waals surface area contributed by atoms with Gasteiger partial charge in [-0.3, -0.25) is 4.79 Å². The summed E-state index contributed by atoms with van der Waals surface area (Å²) < 4.78 is 1.46. The minimum atomic E-state index is -0.139. The lowest BCUT2D eigenvalue weighted by atomic mass is 10.1. The van der Waals surface area contributed by atoms with E-state index in [9.17, 15) is 4.79 Å². The van der Waals surface area contributed by atoms with Crippen molar-refractivity contribution in [3.8, 4) is 11.8 Å². The van der Waals surface area contributed by atoms with Crippen LogP contribution in [0.25, 0.3) is 5.69 Å². The molecular formula is C20H17N5O. The lowest BCUT2D eigenvalue weighted by molar-refractivity contribution is 0.0936. The standard InChI is InChI=1S/C20H17N5O/c21-11-15-12-23-25(19(15)22)16-6-3-5-14(10-16)20(26)24-18-9-8-13-4-1-2-7-17(13)18/h1-7,10,12,18H,8-9,22H2,(H,24,26). The maximum absolute atomic E-state index is 12.7. The molecule has 0 fully saturated rings. The molecule has 128 valence electrons. The molecule has 1 aliphatic carbocycles. The Morgan fingerprint density at radius 1 is 1.27 bits per heavy atom. The lowest BCUT2D eigenvalue weighted by Crippen LogP contribution is -2.27. The summed E-state index contributed by atoms with van der Waals surface area (Å²) in [5.41, 5.74) is 9.89. The number of benzene rings is 2. The van der Waals surface area contributed by atoms with Crippen molar-refractivity contribution in [2.45, 2.75) is 18.9 Å². The van der Waals surface area contributed by atoms with Crippen molar-refractivity contribution in [1.29, 1.82) is 5.26 Å². The number of amides is 1. The van der Waals surface area contributed by atoms with Gasteiger partial charge in [0.05, 0.1) is 17.9 Å². The molecule has 0 saturated heterocycles. The molecule has 1 heterocycles. The number of nitrogens with zero attached hydrogens (tertiary/aromatic N) is 3. The van der Waals surface area contributed by atoms with Crippen LogP contribution in [0.15, 0.2) is 54.7 Å². The van der Waals surface area contributed by atoms with Crippen LogP contribution < -0.4 is 11.1 Å². The maximum Gasteiger partial charge on any atom is 0.251 e. The van der Waals surface area contributed by atoms with Crippen LogP contribution in [0.5, 0.6) is 0 Å². The molecule has 6 nitrogen and oxygen atoms in total. The van der Waals surface area contributed by atoms with Gasteiger partial charge in [-0.25, -0.2) is 4.68 Å². The predicted molar refractivity (Wildman–Crippen MR) is 97.7 cm³/mol. The van der Waals surface area contributed by atoms with E-state index in [1.165, 1.54) is 22.0 Å². The Hall–Kier alpha value is -3.59. The van der Waals surface area contributed by atoms with Crippen molar-refractivity contribution >= 4 is 11.7 Å². The zero-order valence-corrected chi connectivity index (χ0v) is 14.0. The Balaban J connectivity index is 1.58. The normalized spacial score (nSPS) is 15.3. The van der Waals surface area contributed by atoms with E-state index >= 15 is 0 Å². The average molecular weight is 343 g/mol. The van der Waals surface area contributed by atoms with Crippen LogP contribution in [-0.4, -0.2) is 15.7 Å². The van der Waals surface area contributed by atoms with Gasteiger partial charge in [-0.05, 0) is 42.2 Å². The number of aryl methyl sites for hydroxylation is 1. The van der Waals surface area contributed by atoms with Crippen molar-refractivity contribution < 1.29 is 4.79 Å². The molecule has 3 N–H and O–H groups in total. The number of hydrogen-bond acceptors (Lipinski definition) is 4. The van der Waals surface area contributed by atoms with Crippen molar-refractivity contribution in [3.05, 3.63) is 77.0 Å². The van der Waals surface area contributed by atoms with E-state index < -0.39 is 0 Å². The van der Waals surface area contributed by atoms with Crippen molar-refractivity contribution in [3.63, 3.8) is 0 Å². The number of anilines is 1. The average Bonchev–Trinajstić information content (AvgIpc) is 3.25. The fourth-order valence-corrected chi connectivity index (χ4v) is 3.38. The first kappa shape index (κ1) is 15.9. The summed E-state index contributed by atoms with van der Waals surface area (Å²) in [6.45, 7) is 0. The fraction of sp³-hybridized carbons (Fsp3) is 0.150. The third-order valence-electron chi connectivity index (χ3n) is 4.72. The van der Waals surface area contributed by atoms with E-state index in [-0.39, 0.29) is 17.8 Å². The molecule has 6 heteroatoms. The van der Waals surface area contributed by atoms with Crippen LogP contribution >= 0.6 is 0 Å². The van der Waals surface area contributed by atoms with Crippen molar-refractivity contribution in [2.24, 2.45) is 0 Å². The molecule has 0 saturated carbocycles. The Bertz CT molecular complexity index is 1030. The number of nitriles is 1. The highest BCUT2D eigenvalue weighted by Gasteiger charge is 2.24. The van der Waals surface area contributed by atoms with E-state index in [1.807, 2.05) is 18.2 Å². The number of nitrogens with one attached hydrogen (secondary N) is 1. The van der Waals surface area contributed by atoms with Gasteiger partial charge >= 0.3 is 0 Å². The van der Waals surface area contributed by atoms with E-state index in [0.717, 1.165) is 12.8 Å². The van der Waals surface area contributed by atoms with Crippen LogP contribution in [0.2, 0.25) is 0 Å². The Kier molecular flexibility index (Phi) is 3.90. The zero-order chi connectivity index (χ0) is 18.1. The van der Waals surface area contributed by atoms with E-state index in [4.69, 9.17) is 11.0 Å². The highest BCUT2D eigenvalue weighted by Crippen LogP contribution is 2.31. The number of aromatic nitrogens is 2. The SMILES string of the molecule is N#Cc1cnn(-c2cccc(C(=O)NC3CCc4ccccc43)c2)c1N. The van der Waals surface area contributed by atoms with E-state index in [0.29, 0.717) is 16.8 Å². The summed E-state index contributed by atoms with van der Waals surface area (Å²) in [6, 6.07) is 17.3. The molecular weight excluding hydrogens is 326 g/mol. The Labute approximate surface area is 150 Å². The highest BCUT2D eigenvalue weighted by molar-refractivity contribution is 5.95. The molecule has 1 amide bonds. The van der Waals surface area contributed by atoms with Gasteiger partial charge < -0.3 is 11.1 Å². The Morgan fingerprint density at radius 2 is 2.12 bits per heavy atom. The molecule has 0 bridgehead atoms. The van der Waals surface area contributed by atoms with E-state index in [2.05, 4.69) is 22.5 Å². The topological polar surface area (TPSA) is 96.7 Å². The van der Waals surface area contributed by atoms with Crippen LogP contribution in [-0.2, 0) is 6.42 Å². The first-order chi connectivity index (χ1) is 12.7. The molecule has 1 unspecified atom stereocenters. The molecule has 26 heavy (non-hydrogen) atoms. The van der Waals surface area contributed by atoms with Gasteiger partial charge in [0.25, 0.3) is 5.91 Å². The molecule has 2 aromatic carbocycles. The molecule has 0 aliphatic heterocycles. The minimum Gasteiger partial charge on any atom is -0.382 e. The molecule has 1 aromatic heterocycles. The first-order valence-electron chi connectivity index (χ1n) is 8.40. The smallest absolute Gasteiger partial charge is 0.251 e. The highest BCUT2D eigenvalue weighted by atomic mass is 16.1. The Morgan fingerprint density at radius 3 is 2.92 bits per heavy atom. The molecule has 0 spiro atoms. The maximum atomic E-state index is 12.7. The third kappa shape index (κ3) is 2.70. The predicted octanol–water partition coefficient (Wildman–Crippen LogP) is 2.74. The number of carbonyl (C=O) groups is 1. The van der Waals surface area contributed by atoms with Crippen LogP contribution in [0.4, 0.5) is 5.82 Å². The minimum absolute atomic E-state index is 0.0299. The third-order valence-corrected chi connectivity index (χ3v) is 4.72. The number of fused-ring (bicyclic) bond motifs is 1. The van der Waals surface area contributed by atoms with Gasteiger partial charge in [0.15, 0.2) is 0 Å². The van der Waals surface area contributed by atoms with Crippen LogP contribution in [0, 0.1) is 11.3 Å². The monoisotopic (exact) mass is 343 g/mol. The number of rotatable bonds is 3. The summed E-state index contributed by atoms with van der Waals surface area (Å²) in [4.78, 5) is 12.7. The molecule has 3 aromatic rings. The number of nitrogens with two attached hydrogens (primary N) is 1. The summed E-state index contributed by atoms with van der Waals surface area (Å²) in [7, 11) is 0. The largest absolute Gasteiger partial charge is 0.382 e. The summed E-state index contributed by atoms with van der Waals surface area (Å²) in [5.74, 6) is 0.120. The second-order valence-electron chi connectivity index (χ2n) is 6.28. The quantitative estimate of drug-likeness (QED) is 0.764. The van der Waals surface area contributed by atoms with Gasteiger partial charge in [-0.15, -0.1) is 0 Å². The summed E-state index contributed by atoms with van der Waals surface area (Å²) in [6.07, 6.45) is 3.29. The number of carbonyl (C=O) groups excluding carboxylic acids is 1. The molecule has 1 aliphatic rings. The second-order valence-corrected chi connectivity index (χ2v) is 6.28. The molecule has 0 radical (unpaired) electrons. The van der Waals surface area contributed by atoms with Gasteiger partial charge in [-0.1, -0.05) is 30.3 Å². The zero-order valence-electron chi connectivity index (χ0n) is 14.0. The van der Waals surface area contributed by atoms with Crippen molar-refractivity contribution in [1.82, 2.24) is 15.1 Å². The van der Waals surface area contributed by atoms with Gasteiger partial charge in [0.1, 0.15) is 17.5 Å². The van der Waals surface area contributed by atoms with Gasteiger partial charge in [0.2, 0.25) is 0 Å². The number of nitrogen functional groups attached to an aromatic ring is 1. The fourth-order valence-electron chi connectivity index (χ4n) is 3.38. The summed E-state index contributed by atoms with van der Waals surface area (Å²) >= 11 is 0. The van der Waals surface area contributed by atoms with Crippen LogP contribution in [0.3, 0.4) is 0 Å². The molecule has 4 rings (SSSR count). The summed E-state index contributed by atoms with van der Waals surface area (Å²) in [5, 5.41) is 16.3. The van der Waals surface area contributed by atoms with Gasteiger partial charge in [-0.2, -0.15) is 10.4 Å². The first-order valence-corrected chi connectivity index (χ1v) is 8.40. The lowest BCUT2D eigenvalue weighted by Gasteiger charge is -2.14. The molecule has 1 atom stereocenters. The van der Waals surface area contributed by atoms with E-state index in [1.54, 1.807) is 24.3 Å². The van der Waals surface area contributed by atoms with Crippen LogP contribution in [0.1, 0.15) is 39.5 Å².